The third-order valence-electron chi connectivity index (χ3n) is 3.27. The highest BCUT2D eigenvalue weighted by molar-refractivity contribution is 7.99. The summed E-state index contributed by atoms with van der Waals surface area (Å²) in [7, 11) is 0. The van der Waals surface area contributed by atoms with Gasteiger partial charge in [-0.2, -0.15) is 0 Å². The van der Waals surface area contributed by atoms with Gasteiger partial charge in [-0.25, -0.2) is 8.78 Å². The van der Waals surface area contributed by atoms with E-state index in [1.165, 1.54) is 35.0 Å². The molecule has 0 amide bonds. The van der Waals surface area contributed by atoms with E-state index < -0.39 is 11.6 Å². The quantitative estimate of drug-likeness (QED) is 0.847. The van der Waals surface area contributed by atoms with Crippen molar-refractivity contribution in [1.82, 2.24) is 0 Å². The molecule has 20 heavy (non-hydrogen) atoms. The van der Waals surface area contributed by atoms with Crippen molar-refractivity contribution in [3.8, 4) is 0 Å². The van der Waals surface area contributed by atoms with E-state index in [0.29, 0.717) is 10.6 Å². The molecular formula is C16H17F2NS. The number of thioether (sulfide) groups is 1. The lowest BCUT2D eigenvalue weighted by atomic mass is 10.0. The monoisotopic (exact) mass is 293 g/mol. The molecule has 0 aromatic heterocycles. The average Bonchev–Trinajstić information content (AvgIpc) is 2.40. The van der Waals surface area contributed by atoms with Crippen LogP contribution in [-0.2, 0) is 0 Å². The number of nitrogens with two attached hydrogens (primary N) is 1. The minimum absolute atomic E-state index is 0.177. The van der Waals surface area contributed by atoms with E-state index >= 15 is 0 Å². The maximum absolute atomic E-state index is 13.5. The second kappa shape index (κ2) is 6.37. The maximum Gasteiger partial charge on any atom is 0.139 e. The fraction of sp³-hybridized carbons (Fsp3) is 0.250. The summed E-state index contributed by atoms with van der Waals surface area (Å²) in [4.78, 5) is 0.422. The van der Waals surface area contributed by atoms with Crippen LogP contribution in [0.2, 0.25) is 0 Å². The summed E-state index contributed by atoms with van der Waals surface area (Å²) in [6.45, 7) is 4.09. The molecule has 0 saturated carbocycles. The molecule has 2 aromatic rings. The Bertz CT molecular complexity index is 613. The van der Waals surface area contributed by atoms with Crippen LogP contribution >= 0.6 is 11.8 Å². The van der Waals surface area contributed by atoms with Gasteiger partial charge in [-0.3, -0.25) is 0 Å². The normalized spacial score (nSPS) is 12.4. The van der Waals surface area contributed by atoms with Gasteiger partial charge in [0, 0.05) is 22.8 Å². The molecule has 0 bridgehead atoms. The molecule has 0 aliphatic heterocycles. The third kappa shape index (κ3) is 3.58. The van der Waals surface area contributed by atoms with E-state index in [0.717, 1.165) is 11.6 Å². The van der Waals surface area contributed by atoms with Crippen LogP contribution in [0.25, 0.3) is 0 Å². The van der Waals surface area contributed by atoms with Gasteiger partial charge in [0.05, 0.1) is 0 Å². The molecule has 0 saturated heterocycles. The van der Waals surface area contributed by atoms with Gasteiger partial charge in [0.1, 0.15) is 11.6 Å². The molecule has 0 spiro atoms. The summed E-state index contributed by atoms with van der Waals surface area (Å²) in [6.07, 6.45) is 0. The smallest absolute Gasteiger partial charge is 0.139 e. The first-order valence-electron chi connectivity index (χ1n) is 6.38. The lowest BCUT2D eigenvalue weighted by Gasteiger charge is -2.13. The Hall–Kier alpha value is -1.39. The number of halogens is 2. The lowest BCUT2D eigenvalue weighted by molar-refractivity contribution is 0.565. The topological polar surface area (TPSA) is 26.0 Å². The van der Waals surface area contributed by atoms with E-state index in [1.807, 2.05) is 26.0 Å². The minimum atomic E-state index is -0.565. The first-order chi connectivity index (χ1) is 9.47. The van der Waals surface area contributed by atoms with Crippen molar-refractivity contribution in [2.24, 2.45) is 5.73 Å². The molecule has 0 radical (unpaired) electrons. The van der Waals surface area contributed by atoms with Crippen molar-refractivity contribution in [1.29, 1.82) is 0 Å². The number of rotatable bonds is 4. The van der Waals surface area contributed by atoms with Crippen LogP contribution in [0.4, 0.5) is 8.78 Å². The van der Waals surface area contributed by atoms with E-state index in [4.69, 9.17) is 5.73 Å². The summed E-state index contributed by atoms with van der Waals surface area (Å²) in [5.41, 5.74) is 9.57. The van der Waals surface area contributed by atoms with E-state index in [1.54, 1.807) is 0 Å². The number of benzene rings is 2. The van der Waals surface area contributed by atoms with Gasteiger partial charge < -0.3 is 5.73 Å². The molecule has 2 aromatic carbocycles. The number of aryl methyl sites for hydroxylation is 2. The van der Waals surface area contributed by atoms with E-state index in [2.05, 4.69) is 6.07 Å². The van der Waals surface area contributed by atoms with Crippen LogP contribution < -0.4 is 5.73 Å². The Labute approximate surface area is 122 Å². The van der Waals surface area contributed by atoms with Gasteiger partial charge in [0.25, 0.3) is 0 Å². The van der Waals surface area contributed by atoms with E-state index in [-0.39, 0.29) is 6.04 Å². The van der Waals surface area contributed by atoms with Gasteiger partial charge in [-0.05, 0) is 42.7 Å². The average molecular weight is 293 g/mol. The zero-order valence-electron chi connectivity index (χ0n) is 11.5. The van der Waals surface area contributed by atoms with Crippen molar-refractivity contribution in [3.63, 3.8) is 0 Å². The van der Waals surface area contributed by atoms with Crippen molar-refractivity contribution < 1.29 is 8.78 Å². The SMILES string of the molecule is Cc1ccc(C(N)CSc2ccc(F)cc2F)cc1C. The van der Waals surface area contributed by atoms with Crippen LogP contribution in [0.5, 0.6) is 0 Å². The molecule has 0 aliphatic rings. The zero-order valence-corrected chi connectivity index (χ0v) is 12.3. The van der Waals surface area contributed by atoms with Gasteiger partial charge in [0.2, 0.25) is 0 Å². The summed E-state index contributed by atoms with van der Waals surface area (Å²) in [5.74, 6) is -0.557. The standard InChI is InChI=1S/C16H17F2NS/c1-10-3-4-12(7-11(10)2)15(19)9-20-16-6-5-13(17)8-14(16)18/h3-8,15H,9,19H2,1-2H3. The molecular weight excluding hydrogens is 276 g/mol. The molecule has 1 atom stereocenters. The summed E-state index contributed by atoms with van der Waals surface area (Å²) in [6, 6.07) is 9.51. The zero-order chi connectivity index (χ0) is 14.7. The van der Waals surface area contributed by atoms with Crippen molar-refractivity contribution in [3.05, 3.63) is 64.7 Å². The highest BCUT2D eigenvalue weighted by Gasteiger charge is 2.10. The highest BCUT2D eigenvalue weighted by Crippen LogP contribution is 2.27. The summed E-state index contributed by atoms with van der Waals surface area (Å²) < 4.78 is 26.3. The molecule has 1 unspecified atom stereocenters. The lowest BCUT2D eigenvalue weighted by Crippen LogP contribution is -2.13. The highest BCUT2D eigenvalue weighted by atomic mass is 32.2. The summed E-state index contributed by atoms with van der Waals surface area (Å²) >= 11 is 1.30. The fourth-order valence-corrected chi connectivity index (χ4v) is 2.78. The van der Waals surface area contributed by atoms with Crippen LogP contribution in [0.1, 0.15) is 22.7 Å². The number of hydrogen-bond donors (Lipinski definition) is 1. The molecule has 0 fully saturated rings. The van der Waals surface area contributed by atoms with Gasteiger partial charge in [0.15, 0.2) is 0 Å². The molecule has 4 heteroatoms. The maximum atomic E-state index is 13.5. The third-order valence-corrected chi connectivity index (χ3v) is 4.44. The van der Waals surface area contributed by atoms with Crippen molar-refractivity contribution >= 4 is 11.8 Å². The van der Waals surface area contributed by atoms with Crippen LogP contribution in [0.3, 0.4) is 0 Å². The Morgan fingerprint density at radius 1 is 1.05 bits per heavy atom. The number of hydrogen-bond acceptors (Lipinski definition) is 2. The Morgan fingerprint density at radius 2 is 1.80 bits per heavy atom. The van der Waals surface area contributed by atoms with Crippen LogP contribution in [0, 0.1) is 25.5 Å². The van der Waals surface area contributed by atoms with Gasteiger partial charge >= 0.3 is 0 Å². The molecule has 1 nitrogen and oxygen atoms in total. The Kier molecular flexibility index (Phi) is 4.78. The Balaban J connectivity index is 2.04. The first kappa shape index (κ1) is 15.0. The predicted molar refractivity (Wildman–Crippen MR) is 79.9 cm³/mol. The van der Waals surface area contributed by atoms with Crippen molar-refractivity contribution in [2.45, 2.75) is 24.8 Å². The minimum Gasteiger partial charge on any atom is -0.323 e. The van der Waals surface area contributed by atoms with Crippen LogP contribution in [0.15, 0.2) is 41.3 Å². The molecule has 2 N–H and O–H groups in total. The molecule has 2 rings (SSSR count). The first-order valence-corrected chi connectivity index (χ1v) is 7.36. The van der Waals surface area contributed by atoms with Crippen molar-refractivity contribution in [2.75, 3.05) is 5.75 Å². The van der Waals surface area contributed by atoms with Gasteiger partial charge in [-0.15, -0.1) is 11.8 Å². The predicted octanol–water partition coefficient (Wildman–Crippen LogP) is 4.37. The second-order valence-corrected chi connectivity index (χ2v) is 5.90. The molecule has 106 valence electrons. The largest absolute Gasteiger partial charge is 0.323 e. The van der Waals surface area contributed by atoms with E-state index in [9.17, 15) is 8.78 Å². The molecule has 0 aliphatic carbocycles. The van der Waals surface area contributed by atoms with Gasteiger partial charge in [-0.1, -0.05) is 18.2 Å². The molecule has 0 heterocycles. The summed E-state index contributed by atoms with van der Waals surface area (Å²) in [5, 5.41) is 0. The fourth-order valence-electron chi connectivity index (χ4n) is 1.86. The van der Waals surface area contributed by atoms with Crippen LogP contribution in [-0.4, -0.2) is 5.75 Å². The Morgan fingerprint density at radius 3 is 2.45 bits per heavy atom. The second-order valence-electron chi connectivity index (χ2n) is 4.84.